The van der Waals surface area contributed by atoms with Crippen LogP contribution in [-0.2, 0) is 7.05 Å². The molecule has 156 valence electrons. The fourth-order valence-corrected chi connectivity index (χ4v) is 3.16. The van der Waals surface area contributed by atoms with Crippen molar-refractivity contribution in [3.05, 3.63) is 66.6 Å². The number of benzene rings is 2. The summed E-state index contributed by atoms with van der Waals surface area (Å²) in [5.74, 6) is 0.734. The maximum atomic E-state index is 12.4. The van der Waals surface area contributed by atoms with E-state index in [4.69, 9.17) is 4.74 Å². The number of anilines is 2. The number of ether oxygens (including phenoxy) is 1. The predicted octanol–water partition coefficient (Wildman–Crippen LogP) is 3.05. The van der Waals surface area contributed by atoms with Gasteiger partial charge in [-0.1, -0.05) is 36.4 Å². The van der Waals surface area contributed by atoms with E-state index in [1.54, 1.807) is 38.3 Å². The lowest BCUT2D eigenvalue weighted by atomic mass is 10.1. The molecule has 2 aromatic carbocycles. The number of aromatic nitrogens is 5. The third kappa shape index (κ3) is 4.06. The second-order valence-corrected chi connectivity index (χ2v) is 6.69. The van der Waals surface area contributed by atoms with Crippen molar-refractivity contribution in [1.82, 2.24) is 30.3 Å². The molecule has 0 bridgehead atoms. The molecule has 0 spiro atoms. The average molecular weight is 415 g/mol. The summed E-state index contributed by atoms with van der Waals surface area (Å²) in [7, 11) is 4.92. The number of nitrogens with one attached hydrogen (secondary N) is 2. The summed E-state index contributed by atoms with van der Waals surface area (Å²) in [5.41, 5.74) is 3.56. The van der Waals surface area contributed by atoms with Gasteiger partial charge in [0.25, 0.3) is 5.91 Å². The van der Waals surface area contributed by atoms with Crippen LogP contribution in [0, 0.1) is 0 Å². The topological polar surface area (TPSA) is 107 Å². The van der Waals surface area contributed by atoms with Crippen LogP contribution in [0.3, 0.4) is 0 Å². The second-order valence-electron chi connectivity index (χ2n) is 6.69. The lowest BCUT2D eigenvalue weighted by Gasteiger charge is -2.16. The Morgan fingerprint density at radius 1 is 1.03 bits per heavy atom. The van der Waals surface area contributed by atoms with E-state index >= 15 is 0 Å². The summed E-state index contributed by atoms with van der Waals surface area (Å²) in [4.78, 5) is 16.7. The molecule has 0 unspecified atom stereocenters. The first-order valence-electron chi connectivity index (χ1n) is 9.56. The molecule has 0 radical (unpaired) electrons. The molecule has 31 heavy (non-hydrogen) atoms. The van der Waals surface area contributed by atoms with Crippen LogP contribution in [0.15, 0.2) is 60.9 Å². The van der Waals surface area contributed by atoms with Crippen LogP contribution in [0.2, 0.25) is 0 Å². The Kier molecular flexibility index (Phi) is 5.57. The van der Waals surface area contributed by atoms with Crippen LogP contribution in [-0.4, -0.2) is 45.0 Å². The number of carbonyl (C=O) groups excluding carboxylic acids is 1. The second kappa shape index (κ2) is 8.62. The average Bonchev–Trinajstić information content (AvgIpc) is 3.25. The molecule has 1 amide bonds. The molecule has 0 fully saturated rings. The molecule has 0 aliphatic rings. The van der Waals surface area contributed by atoms with Crippen molar-refractivity contribution in [2.24, 2.45) is 7.05 Å². The minimum absolute atomic E-state index is 0.172. The zero-order chi connectivity index (χ0) is 21.8. The zero-order valence-corrected chi connectivity index (χ0v) is 17.3. The maximum Gasteiger partial charge on any atom is 0.273 e. The summed E-state index contributed by atoms with van der Waals surface area (Å²) in [6.07, 6.45) is 1.62. The first kappa shape index (κ1) is 20.0. The van der Waals surface area contributed by atoms with Gasteiger partial charge in [-0.05, 0) is 18.2 Å². The Bertz CT molecular complexity index is 1220. The smallest absolute Gasteiger partial charge is 0.273 e. The van der Waals surface area contributed by atoms with Gasteiger partial charge in [0, 0.05) is 19.7 Å². The molecule has 0 aliphatic heterocycles. The van der Waals surface area contributed by atoms with Crippen LogP contribution in [0.5, 0.6) is 5.75 Å². The van der Waals surface area contributed by atoms with Crippen LogP contribution in [0.1, 0.15) is 10.5 Å². The Labute approximate surface area is 179 Å². The SMILES string of the molecule is CNC(=O)c1nnc(-c2ccccc2)cc1Nc1cccc(-c2ncn(C)n2)c1OC. The standard InChI is InChI=1S/C22H21N7O2/c1-23-22(30)19-18(12-17(26-27-19)14-8-5-4-6-9-14)25-16-11-7-10-15(20(16)31-3)21-24-13-29(2)28-21/h4-13H,1-3H3,(H,23,30)(H,25,26). The Morgan fingerprint density at radius 2 is 1.84 bits per heavy atom. The normalized spacial score (nSPS) is 10.5. The van der Waals surface area contributed by atoms with Crippen LogP contribution in [0.25, 0.3) is 22.6 Å². The lowest BCUT2D eigenvalue weighted by molar-refractivity contribution is 0.0958. The summed E-state index contributed by atoms with van der Waals surface area (Å²) in [5, 5.41) is 18.6. The third-order valence-electron chi connectivity index (χ3n) is 4.63. The Hall–Kier alpha value is -4.27. The van der Waals surface area contributed by atoms with Gasteiger partial charge in [-0.15, -0.1) is 10.2 Å². The molecule has 4 aromatic rings. The maximum absolute atomic E-state index is 12.4. The van der Waals surface area contributed by atoms with E-state index in [-0.39, 0.29) is 11.6 Å². The fourth-order valence-electron chi connectivity index (χ4n) is 3.16. The number of para-hydroxylation sites is 1. The first-order valence-corrected chi connectivity index (χ1v) is 9.56. The molecule has 4 rings (SSSR count). The van der Waals surface area contributed by atoms with Gasteiger partial charge in [-0.2, -0.15) is 5.10 Å². The van der Waals surface area contributed by atoms with Crippen molar-refractivity contribution in [3.63, 3.8) is 0 Å². The van der Waals surface area contributed by atoms with E-state index < -0.39 is 0 Å². The number of amides is 1. The van der Waals surface area contributed by atoms with Crippen molar-refractivity contribution in [1.29, 1.82) is 0 Å². The van der Waals surface area contributed by atoms with Gasteiger partial charge in [-0.25, -0.2) is 4.98 Å². The monoisotopic (exact) mass is 415 g/mol. The summed E-state index contributed by atoms with van der Waals surface area (Å²) < 4.78 is 7.29. The quantitative estimate of drug-likeness (QED) is 0.498. The van der Waals surface area contributed by atoms with Crippen molar-refractivity contribution in [3.8, 4) is 28.4 Å². The molecular formula is C22H21N7O2. The van der Waals surface area contributed by atoms with Crippen LogP contribution in [0.4, 0.5) is 11.4 Å². The van der Waals surface area contributed by atoms with Gasteiger partial charge in [-0.3, -0.25) is 9.48 Å². The van der Waals surface area contributed by atoms with E-state index in [2.05, 4.69) is 30.9 Å². The Morgan fingerprint density at radius 3 is 2.52 bits per heavy atom. The largest absolute Gasteiger partial charge is 0.494 e. The Balaban J connectivity index is 1.80. The first-order chi connectivity index (χ1) is 15.1. The van der Waals surface area contributed by atoms with E-state index in [0.717, 1.165) is 11.1 Å². The summed E-state index contributed by atoms with van der Waals surface area (Å²) in [6.45, 7) is 0. The molecule has 9 nitrogen and oxygen atoms in total. The minimum atomic E-state index is -0.351. The molecule has 2 N–H and O–H groups in total. The van der Waals surface area contributed by atoms with Gasteiger partial charge in [0.05, 0.1) is 29.7 Å². The van der Waals surface area contributed by atoms with E-state index in [1.165, 1.54) is 0 Å². The highest BCUT2D eigenvalue weighted by molar-refractivity contribution is 5.99. The van der Waals surface area contributed by atoms with Gasteiger partial charge in [0.15, 0.2) is 17.3 Å². The van der Waals surface area contributed by atoms with E-state index in [1.807, 2.05) is 48.5 Å². The van der Waals surface area contributed by atoms with Gasteiger partial charge in [0.2, 0.25) is 0 Å². The number of aryl methyl sites for hydroxylation is 1. The highest BCUT2D eigenvalue weighted by Gasteiger charge is 2.19. The van der Waals surface area contributed by atoms with Gasteiger partial charge >= 0.3 is 0 Å². The van der Waals surface area contributed by atoms with Gasteiger partial charge in [0.1, 0.15) is 6.33 Å². The number of rotatable bonds is 6. The highest BCUT2D eigenvalue weighted by atomic mass is 16.5. The van der Waals surface area contributed by atoms with E-state index in [0.29, 0.717) is 28.6 Å². The predicted molar refractivity (Wildman–Crippen MR) is 117 cm³/mol. The van der Waals surface area contributed by atoms with E-state index in [9.17, 15) is 4.79 Å². The zero-order valence-electron chi connectivity index (χ0n) is 17.3. The van der Waals surface area contributed by atoms with Crippen LogP contribution >= 0.6 is 0 Å². The molecule has 2 aromatic heterocycles. The molecule has 0 atom stereocenters. The number of nitrogens with zero attached hydrogens (tertiary/aromatic N) is 5. The van der Waals surface area contributed by atoms with Crippen molar-refractivity contribution in [2.45, 2.75) is 0 Å². The molecule has 9 heteroatoms. The van der Waals surface area contributed by atoms with Crippen molar-refractivity contribution < 1.29 is 9.53 Å². The molecule has 0 aliphatic carbocycles. The number of carbonyl (C=O) groups is 1. The number of methoxy groups -OCH3 is 1. The molecule has 0 saturated heterocycles. The van der Waals surface area contributed by atoms with Gasteiger partial charge < -0.3 is 15.4 Å². The highest BCUT2D eigenvalue weighted by Crippen LogP contribution is 2.37. The third-order valence-corrected chi connectivity index (χ3v) is 4.63. The van der Waals surface area contributed by atoms with Crippen LogP contribution < -0.4 is 15.4 Å². The summed E-state index contributed by atoms with van der Waals surface area (Å²) in [6, 6.07) is 17.0. The van der Waals surface area contributed by atoms with Crippen molar-refractivity contribution >= 4 is 17.3 Å². The summed E-state index contributed by atoms with van der Waals surface area (Å²) >= 11 is 0. The van der Waals surface area contributed by atoms with Crippen molar-refractivity contribution in [2.75, 3.05) is 19.5 Å². The molecular weight excluding hydrogens is 394 g/mol. The molecule has 0 saturated carbocycles. The minimum Gasteiger partial charge on any atom is -0.494 e. The lowest BCUT2D eigenvalue weighted by Crippen LogP contribution is -2.21. The molecule has 2 heterocycles. The fraction of sp³-hybridized carbons (Fsp3) is 0.136. The number of hydrogen-bond donors (Lipinski definition) is 2. The number of hydrogen-bond acceptors (Lipinski definition) is 7.